The van der Waals surface area contributed by atoms with Crippen LogP contribution in [0.3, 0.4) is 0 Å². The van der Waals surface area contributed by atoms with E-state index < -0.39 is 0 Å². The van der Waals surface area contributed by atoms with Gasteiger partial charge in [0.2, 0.25) is 5.28 Å². The quantitative estimate of drug-likeness (QED) is 0.711. The third kappa shape index (κ3) is 2.88. The average Bonchev–Trinajstić information content (AvgIpc) is 3.05. The summed E-state index contributed by atoms with van der Waals surface area (Å²) in [5.74, 6) is 1.31. The average molecular weight is 360 g/mol. The SMILES string of the molecule is OCC1CCN(c2nc(Cl)nc3scc(-c4ccccc4)c23)CC1. The van der Waals surface area contributed by atoms with Gasteiger partial charge in [-0.05, 0) is 35.9 Å². The van der Waals surface area contributed by atoms with Crippen LogP contribution in [-0.2, 0) is 0 Å². The van der Waals surface area contributed by atoms with E-state index in [1.165, 1.54) is 5.56 Å². The number of hydrogen-bond donors (Lipinski definition) is 1. The molecule has 0 aliphatic carbocycles. The van der Waals surface area contributed by atoms with Crippen LogP contribution in [-0.4, -0.2) is 34.8 Å². The predicted octanol–water partition coefficient (Wildman–Crippen LogP) is 4.22. The molecular formula is C18H18ClN3OS. The van der Waals surface area contributed by atoms with Crippen molar-refractivity contribution >= 4 is 39.0 Å². The number of hydrogen-bond acceptors (Lipinski definition) is 5. The minimum Gasteiger partial charge on any atom is -0.396 e. The molecule has 1 aromatic carbocycles. The van der Waals surface area contributed by atoms with Gasteiger partial charge in [0.05, 0.1) is 5.39 Å². The lowest BCUT2D eigenvalue weighted by atomic mass is 9.97. The minimum absolute atomic E-state index is 0.265. The lowest BCUT2D eigenvalue weighted by Gasteiger charge is -2.32. The van der Waals surface area contributed by atoms with Crippen LogP contribution in [0.4, 0.5) is 5.82 Å². The fourth-order valence-corrected chi connectivity index (χ4v) is 4.44. The zero-order valence-corrected chi connectivity index (χ0v) is 14.7. The molecule has 0 atom stereocenters. The van der Waals surface area contributed by atoms with Gasteiger partial charge in [-0.25, -0.2) is 4.98 Å². The molecule has 2 aromatic heterocycles. The van der Waals surface area contributed by atoms with Gasteiger partial charge < -0.3 is 10.0 Å². The summed E-state index contributed by atoms with van der Waals surface area (Å²) >= 11 is 7.78. The van der Waals surface area contributed by atoms with Gasteiger partial charge in [-0.3, -0.25) is 0 Å². The van der Waals surface area contributed by atoms with Gasteiger partial charge in [-0.1, -0.05) is 30.3 Å². The molecule has 0 unspecified atom stereocenters. The Balaban J connectivity index is 1.81. The molecule has 6 heteroatoms. The monoisotopic (exact) mass is 359 g/mol. The summed E-state index contributed by atoms with van der Waals surface area (Å²) < 4.78 is 0. The van der Waals surface area contributed by atoms with Gasteiger partial charge in [0, 0.05) is 30.6 Å². The van der Waals surface area contributed by atoms with Crippen LogP contribution >= 0.6 is 22.9 Å². The molecule has 0 bridgehead atoms. The van der Waals surface area contributed by atoms with Crippen LogP contribution in [0.1, 0.15) is 12.8 Å². The summed E-state index contributed by atoms with van der Waals surface area (Å²) in [5, 5.41) is 12.9. The normalized spacial score (nSPS) is 16.0. The van der Waals surface area contributed by atoms with E-state index in [0.717, 1.165) is 47.5 Å². The largest absolute Gasteiger partial charge is 0.396 e. The van der Waals surface area contributed by atoms with Crippen molar-refractivity contribution in [2.45, 2.75) is 12.8 Å². The molecule has 24 heavy (non-hydrogen) atoms. The van der Waals surface area contributed by atoms with E-state index >= 15 is 0 Å². The number of halogens is 1. The number of fused-ring (bicyclic) bond motifs is 1. The van der Waals surface area contributed by atoms with Crippen LogP contribution in [0, 0.1) is 5.92 Å². The Morgan fingerprint density at radius 1 is 1.17 bits per heavy atom. The van der Waals surface area contributed by atoms with E-state index in [9.17, 15) is 5.11 Å². The van der Waals surface area contributed by atoms with E-state index in [1.54, 1.807) is 11.3 Å². The fourth-order valence-electron chi connectivity index (χ4n) is 3.28. The molecular weight excluding hydrogens is 342 g/mol. The van der Waals surface area contributed by atoms with Gasteiger partial charge >= 0.3 is 0 Å². The second kappa shape index (κ2) is 6.67. The highest BCUT2D eigenvalue weighted by molar-refractivity contribution is 7.17. The van der Waals surface area contributed by atoms with E-state index in [1.807, 2.05) is 18.2 Å². The fraction of sp³-hybridized carbons (Fsp3) is 0.333. The molecule has 3 heterocycles. The number of aliphatic hydroxyl groups excluding tert-OH is 1. The third-order valence-corrected chi connectivity index (χ3v) is 5.69. The molecule has 0 spiro atoms. The second-order valence-corrected chi connectivity index (χ2v) is 7.32. The van der Waals surface area contributed by atoms with Crippen LogP contribution < -0.4 is 4.90 Å². The Kier molecular flexibility index (Phi) is 4.39. The van der Waals surface area contributed by atoms with Gasteiger partial charge in [-0.2, -0.15) is 4.98 Å². The molecule has 124 valence electrons. The van der Waals surface area contributed by atoms with Gasteiger partial charge in [0.25, 0.3) is 0 Å². The maximum Gasteiger partial charge on any atom is 0.225 e. The Morgan fingerprint density at radius 2 is 1.92 bits per heavy atom. The van der Waals surface area contributed by atoms with Crippen LogP contribution in [0.5, 0.6) is 0 Å². The highest BCUT2D eigenvalue weighted by Crippen LogP contribution is 2.39. The van der Waals surface area contributed by atoms with E-state index in [2.05, 4.69) is 32.4 Å². The van der Waals surface area contributed by atoms with Crippen molar-refractivity contribution < 1.29 is 5.11 Å². The topological polar surface area (TPSA) is 49.2 Å². The second-order valence-electron chi connectivity index (χ2n) is 6.12. The lowest BCUT2D eigenvalue weighted by molar-refractivity contribution is 0.203. The lowest BCUT2D eigenvalue weighted by Crippen LogP contribution is -2.35. The number of aromatic nitrogens is 2. The molecule has 1 aliphatic rings. The maximum absolute atomic E-state index is 9.36. The summed E-state index contributed by atoms with van der Waals surface area (Å²) in [7, 11) is 0. The standard InChI is InChI=1S/C18H18ClN3OS/c19-18-20-16(22-8-6-12(10-23)7-9-22)15-14(11-24-17(15)21-18)13-4-2-1-3-5-13/h1-5,11-12,23H,6-10H2. The highest BCUT2D eigenvalue weighted by atomic mass is 35.5. The van der Waals surface area contributed by atoms with E-state index in [0.29, 0.717) is 11.2 Å². The molecule has 1 aliphatic heterocycles. The zero-order chi connectivity index (χ0) is 16.5. The van der Waals surface area contributed by atoms with Crippen LogP contribution in [0.15, 0.2) is 35.7 Å². The first-order valence-electron chi connectivity index (χ1n) is 8.12. The van der Waals surface area contributed by atoms with Crippen molar-refractivity contribution in [1.29, 1.82) is 0 Å². The van der Waals surface area contributed by atoms with Crippen molar-refractivity contribution in [2.24, 2.45) is 5.92 Å². The smallest absolute Gasteiger partial charge is 0.225 e. The Bertz CT molecular complexity index is 844. The van der Waals surface area contributed by atoms with Crippen molar-refractivity contribution in [3.05, 3.63) is 41.0 Å². The first kappa shape index (κ1) is 15.8. The number of rotatable bonds is 3. The van der Waals surface area contributed by atoms with Crippen LogP contribution in [0.25, 0.3) is 21.3 Å². The summed E-state index contributed by atoms with van der Waals surface area (Å²) in [5.41, 5.74) is 2.33. The number of piperidine rings is 1. The zero-order valence-electron chi connectivity index (χ0n) is 13.2. The van der Waals surface area contributed by atoms with Crippen molar-refractivity contribution in [3.8, 4) is 11.1 Å². The Morgan fingerprint density at radius 3 is 2.62 bits per heavy atom. The van der Waals surface area contributed by atoms with Crippen molar-refractivity contribution in [3.63, 3.8) is 0 Å². The minimum atomic E-state index is 0.265. The Hall–Kier alpha value is -1.69. The highest BCUT2D eigenvalue weighted by Gasteiger charge is 2.24. The molecule has 1 saturated heterocycles. The van der Waals surface area contributed by atoms with E-state index in [4.69, 9.17) is 11.6 Å². The number of anilines is 1. The third-order valence-electron chi connectivity index (χ3n) is 4.64. The number of thiophene rings is 1. The summed E-state index contributed by atoms with van der Waals surface area (Å²) in [6.07, 6.45) is 1.95. The molecule has 1 N–H and O–H groups in total. The molecule has 0 radical (unpaired) electrons. The molecule has 3 aromatic rings. The molecule has 4 nitrogen and oxygen atoms in total. The van der Waals surface area contributed by atoms with Gasteiger partial charge in [0.1, 0.15) is 10.6 Å². The van der Waals surface area contributed by atoms with Crippen LogP contribution in [0.2, 0.25) is 5.28 Å². The van der Waals surface area contributed by atoms with Gasteiger partial charge in [-0.15, -0.1) is 11.3 Å². The van der Waals surface area contributed by atoms with Crippen molar-refractivity contribution in [2.75, 3.05) is 24.6 Å². The summed E-state index contributed by atoms with van der Waals surface area (Å²) in [6, 6.07) is 10.3. The predicted molar refractivity (Wildman–Crippen MR) is 99.9 cm³/mol. The molecule has 4 rings (SSSR count). The molecule has 0 saturated carbocycles. The molecule has 1 fully saturated rings. The maximum atomic E-state index is 9.36. The van der Waals surface area contributed by atoms with Gasteiger partial charge in [0.15, 0.2) is 0 Å². The number of benzene rings is 1. The van der Waals surface area contributed by atoms with E-state index in [-0.39, 0.29) is 6.61 Å². The summed E-state index contributed by atoms with van der Waals surface area (Å²) in [6.45, 7) is 2.04. The first-order valence-corrected chi connectivity index (χ1v) is 9.38. The van der Waals surface area contributed by atoms with Crippen molar-refractivity contribution in [1.82, 2.24) is 9.97 Å². The first-order chi connectivity index (χ1) is 11.8. The Labute approximate surface area is 149 Å². The summed E-state index contributed by atoms with van der Waals surface area (Å²) in [4.78, 5) is 12.2. The number of aliphatic hydroxyl groups is 1. The number of nitrogens with zero attached hydrogens (tertiary/aromatic N) is 3. The molecule has 0 amide bonds.